The summed E-state index contributed by atoms with van der Waals surface area (Å²) in [6.07, 6.45) is 4.73. The SMILES string of the molecule is O=C1C=CC2(C=C1Br)OCCO2. The van der Waals surface area contributed by atoms with Crippen LogP contribution in [0.25, 0.3) is 0 Å². The number of halogens is 1. The summed E-state index contributed by atoms with van der Waals surface area (Å²) in [5, 5.41) is 0. The Bertz CT molecular complexity index is 274. The second-order valence-electron chi connectivity index (χ2n) is 2.61. The van der Waals surface area contributed by atoms with E-state index in [1.807, 2.05) is 0 Å². The summed E-state index contributed by atoms with van der Waals surface area (Å²) in [5.41, 5.74) is 0. The molecule has 1 aliphatic carbocycles. The molecule has 2 rings (SSSR count). The van der Waals surface area contributed by atoms with Crippen molar-refractivity contribution in [2.24, 2.45) is 0 Å². The highest BCUT2D eigenvalue weighted by molar-refractivity contribution is 9.12. The lowest BCUT2D eigenvalue weighted by molar-refractivity contribution is -0.113. The summed E-state index contributed by atoms with van der Waals surface area (Å²) >= 11 is 3.14. The topological polar surface area (TPSA) is 35.5 Å². The lowest BCUT2D eigenvalue weighted by atomic mass is 10.1. The first kappa shape index (κ1) is 8.16. The molecule has 12 heavy (non-hydrogen) atoms. The van der Waals surface area contributed by atoms with Gasteiger partial charge in [-0.25, -0.2) is 0 Å². The third kappa shape index (κ3) is 1.26. The molecule has 2 aliphatic rings. The molecule has 4 heteroatoms. The van der Waals surface area contributed by atoms with Gasteiger partial charge in [0.05, 0.1) is 17.7 Å². The smallest absolute Gasteiger partial charge is 0.210 e. The van der Waals surface area contributed by atoms with Crippen LogP contribution in [-0.4, -0.2) is 24.8 Å². The Kier molecular flexibility index (Phi) is 1.90. The first-order valence-electron chi connectivity index (χ1n) is 3.62. The highest BCUT2D eigenvalue weighted by Crippen LogP contribution is 2.29. The molecule has 64 valence electrons. The summed E-state index contributed by atoms with van der Waals surface area (Å²) in [7, 11) is 0. The largest absolute Gasteiger partial charge is 0.341 e. The van der Waals surface area contributed by atoms with Crippen LogP contribution in [0.4, 0.5) is 0 Å². The van der Waals surface area contributed by atoms with Crippen LogP contribution in [0.1, 0.15) is 0 Å². The summed E-state index contributed by atoms with van der Waals surface area (Å²) in [6.45, 7) is 1.13. The molecule has 0 N–H and O–H groups in total. The van der Waals surface area contributed by atoms with Gasteiger partial charge in [0.1, 0.15) is 0 Å². The van der Waals surface area contributed by atoms with Gasteiger partial charge in [-0.2, -0.15) is 0 Å². The molecular formula is C8H7BrO3. The van der Waals surface area contributed by atoms with Crippen molar-refractivity contribution in [1.82, 2.24) is 0 Å². The van der Waals surface area contributed by atoms with E-state index in [1.165, 1.54) is 6.08 Å². The lowest BCUT2D eigenvalue weighted by Gasteiger charge is -2.21. The zero-order chi connectivity index (χ0) is 8.60. The molecule has 0 atom stereocenters. The second-order valence-corrected chi connectivity index (χ2v) is 3.46. The maximum Gasteiger partial charge on any atom is 0.210 e. The van der Waals surface area contributed by atoms with Gasteiger partial charge in [0.25, 0.3) is 0 Å². The fraction of sp³-hybridized carbons (Fsp3) is 0.375. The maximum absolute atomic E-state index is 11.0. The number of ether oxygens (including phenoxy) is 2. The van der Waals surface area contributed by atoms with Crippen LogP contribution < -0.4 is 0 Å². The number of allylic oxidation sites excluding steroid dienone is 2. The molecule has 0 radical (unpaired) electrons. The first-order chi connectivity index (χ1) is 5.72. The van der Waals surface area contributed by atoms with Crippen molar-refractivity contribution < 1.29 is 14.3 Å². The average molecular weight is 231 g/mol. The lowest BCUT2D eigenvalue weighted by Crippen LogP contribution is -2.27. The standard InChI is InChI=1S/C8H7BrO3/c9-6-5-8(2-1-7(6)10)11-3-4-12-8/h1-2,5H,3-4H2. The average Bonchev–Trinajstić information content (AvgIpc) is 2.47. The number of rotatable bonds is 0. The van der Waals surface area contributed by atoms with Crippen LogP contribution in [0.3, 0.4) is 0 Å². The van der Waals surface area contributed by atoms with Crippen molar-refractivity contribution >= 4 is 21.7 Å². The summed E-state index contributed by atoms with van der Waals surface area (Å²) in [5.74, 6) is -0.841. The molecule has 1 heterocycles. The Morgan fingerprint density at radius 1 is 1.42 bits per heavy atom. The molecule has 0 bridgehead atoms. The molecular weight excluding hydrogens is 224 g/mol. The van der Waals surface area contributed by atoms with Crippen molar-refractivity contribution in [3.8, 4) is 0 Å². The fourth-order valence-electron chi connectivity index (χ4n) is 1.19. The maximum atomic E-state index is 11.0. The van der Waals surface area contributed by atoms with Gasteiger partial charge in [-0.05, 0) is 34.2 Å². The number of ketones is 1. The molecule has 1 saturated heterocycles. The highest BCUT2D eigenvalue weighted by atomic mass is 79.9. The van der Waals surface area contributed by atoms with E-state index in [0.717, 1.165) is 0 Å². The molecule has 0 unspecified atom stereocenters. The fourth-order valence-corrected chi connectivity index (χ4v) is 1.64. The Morgan fingerprint density at radius 3 is 2.67 bits per heavy atom. The van der Waals surface area contributed by atoms with E-state index in [4.69, 9.17) is 9.47 Å². The van der Waals surface area contributed by atoms with Gasteiger partial charge in [-0.15, -0.1) is 0 Å². The van der Waals surface area contributed by atoms with E-state index in [9.17, 15) is 4.79 Å². The van der Waals surface area contributed by atoms with Crippen LogP contribution in [0.2, 0.25) is 0 Å². The quantitative estimate of drug-likeness (QED) is 0.627. The summed E-state index contributed by atoms with van der Waals surface area (Å²) in [6, 6.07) is 0. The molecule has 0 aromatic rings. The van der Waals surface area contributed by atoms with Crippen LogP contribution in [-0.2, 0) is 14.3 Å². The minimum absolute atomic E-state index is 0.0558. The summed E-state index contributed by atoms with van der Waals surface area (Å²) < 4.78 is 11.2. The van der Waals surface area contributed by atoms with Crippen LogP contribution in [0, 0.1) is 0 Å². The van der Waals surface area contributed by atoms with Crippen LogP contribution in [0.5, 0.6) is 0 Å². The van der Waals surface area contributed by atoms with Crippen molar-refractivity contribution in [2.45, 2.75) is 5.79 Å². The third-order valence-corrected chi connectivity index (χ3v) is 2.39. The van der Waals surface area contributed by atoms with Crippen molar-refractivity contribution in [1.29, 1.82) is 0 Å². The molecule has 0 aromatic carbocycles. The van der Waals surface area contributed by atoms with Gasteiger partial charge in [-0.1, -0.05) is 0 Å². The van der Waals surface area contributed by atoms with Crippen molar-refractivity contribution in [3.63, 3.8) is 0 Å². The molecule has 0 amide bonds. The van der Waals surface area contributed by atoms with Crippen LogP contribution in [0.15, 0.2) is 22.7 Å². The highest BCUT2D eigenvalue weighted by Gasteiger charge is 2.34. The van der Waals surface area contributed by atoms with E-state index in [-0.39, 0.29) is 5.78 Å². The number of carbonyl (C=O) groups is 1. The van der Waals surface area contributed by atoms with E-state index >= 15 is 0 Å². The van der Waals surface area contributed by atoms with Gasteiger partial charge in [0, 0.05) is 0 Å². The van der Waals surface area contributed by atoms with Crippen LogP contribution >= 0.6 is 15.9 Å². The number of hydrogen-bond acceptors (Lipinski definition) is 3. The van der Waals surface area contributed by atoms with E-state index in [1.54, 1.807) is 12.2 Å². The normalized spacial score (nSPS) is 26.4. The molecule has 0 aromatic heterocycles. The molecule has 1 aliphatic heterocycles. The molecule has 3 nitrogen and oxygen atoms in total. The van der Waals surface area contributed by atoms with Crippen molar-refractivity contribution in [3.05, 3.63) is 22.7 Å². The van der Waals surface area contributed by atoms with Gasteiger partial charge in [0.15, 0.2) is 5.78 Å². The predicted octanol–water partition coefficient (Wildman–Crippen LogP) is 1.15. The molecule has 1 spiro atoms. The Morgan fingerprint density at radius 2 is 2.08 bits per heavy atom. The van der Waals surface area contributed by atoms with Crippen molar-refractivity contribution in [2.75, 3.05) is 13.2 Å². The summed E-state index contributed by atoms with van der Waals surface area (Å²) in [4.78, 5) is 11.0. The zero-order valence-corrected chi connectivity index (χ0v) is 7.83. The third-order valence-electron chi connectivity index (χ3n) is 1.77. The monoisotopic (exact) mass is 230 g/mol. The van der Waals surface area contributed by atoms with E-state index in [2.05, 4.69) is 15.9 Å². The van der Waals surface area contributed by atoms with Gasteiger partial charge >= 0.3 is 0 Å². The van der Waals surface area contributed by atoms with Gasteiger partial charge in [0.2, 0.25) is 5.79 Å². The Labute approximate surface area is 78.2 Å². The molecule has 1 fully saturated rings. The van der Waals surface area contributed by atoms with E-state index in [0.29, 0.717) is 17.7 Å². The number of carbonyl (C=O) groups excluding carboxylic acids is 1. The minimum Gasteiger partial charge on any atom is -0.341 e. The van der Waals surface area contributed by atoms with Gasteiger partial charge in [-0.3, -0.25) is 4.79 Å². The second kappa shape index (κ2) is 2.80. The Balaban J connectivity index is 2.30. The minimum atomic E-state index is -0.785. The number of hydrogen-bond donors (Lipinski definition) is 0. The predicted molar refractivity (Wildman–Crippen MR) is 45.8 cm³/mol. The molecule has 0 saturated carbocycles. The zero-order valence-electron chi connectivity index (χ0n) is 6.25. The Hall–Kier alpha value is -0.450. The first-order valence-corrected chi connectivity index (χ1v) is 4.41. The van der Waals surface area contributed by atoms with E-state index < -0.39 is 5.79 Å². The van der Waals surface area contributed by atoms with Gasteiger partial charge < -0.3 is 9.47 Å².